The fourth-order valence-corrected chi connectivity index (χ4v) is 1.18. The van der Waals surface area contributed by atoms with E-state index < -0.39 is 11.6 Å². The smallest absolute Gasteiger partial charge is 0.347 e. The van der Waals surface area contributed by atoms with Gasteiger partial charge in [-0.05, 0) is 26.0 Å². The first-order chi connectivity index (χ1) is 7.89. The van der Waals surface area contributed by atoms with Crippen molar-refractivity contribution in [3.05, 3.63) is 23.8 Å². The lowest BCUT2D eigenvalue weighted by Gasteiger charge is -2.21. The number of hydrogen-bond donors (Lipinski definition) is 1. The fraction of sp³-hybridized carbons (Fsp3) is 0.333. The van der Waals surface area contributed by atoms with Crippen molar-refractivity contribution in [3.8, 4) is 11.5 Å². The molecule has 17 heavy (non-hydrogen) atoms. The summed E-state index contributed by atoms with van der Waals surface area (Å²) in [6, 6.07) is 4.52. The molecule has 0 radical (unpaired) electrons. The van der Waals surface area contributed by atoms with Gasteiger partial charge in [-0.15, -0.1) is 0 Å². The molecule has 0 aliphatic heterocycles. The number of carboxylic acids is 1. The number of ether oxygens (including phenoxy) is 2. The molecule has 0 saturated carbocycles. The van der Waals surface area contributed by atoms with E-state index in [0.717, 1.165) is 0 Å². The monoisotopic (exact) mass is 238 g/mol. The van der Waals surface area contributed by atoms with E-state index in [1.165, 1.54) is 39.2 Å². The van der Waals surface area contributed by atoms with E-state index in [1.807, 2.05) is 0 Å². The third kappa shape index (κ3) is 3.21. The molecular weight excluding hydrogens is 224 g/mol. The molecule has 1 aromatic rings. The minimum atomic E-state index is -1.37. The van der Waals surface area contributed by atoms with Crippen molar-refractivity contribution in [3.63, 3.8) is 0 Å². The van der Waals surface area contributed by atoms with Gasteiger partial charge in [0.1, 0.15) is 17.8 Å². The zero-order chi connectivity index (χ0) is 13.1. The molecule has 0 aliphatic carbocycles. The van der Waals surface area contributed by atoms with E-state index in [2.05, 4.69) is 0 Å². The minimum absolute atomic E-state index is 0.277. The van der Waals surface area contributed by atoms with Crippen LogP contribution in [0.1, 0.15) is 24.2 Å². The van der Waals surface area contributed by atoms with Gasteiger partial charge in [-0.25, -0.2) is 4.79 Å². The summed E-state index contributed by atoms with van der Waals surface area (Å²) in [5, 5.41) is 8.93. The molecule has 92 valence electrons. The zero-order valence-corrected chi connectivity index (χ0v) is 9.89. The van der Waals surface area contributed by atoms with Gasteiger partial charge in [-0.3, -0.25) is 4.79 Å². The SMILES string of the molecule is COc1cc(C=O)cc(OC(C)(C)C(=O)O)c1. The minimum Gasteiger partial charge on any atom is -0.497 e. The molecule has 5 nitrogen and oxygen atoms in total. The molecule has 0 heterocycles. The number of aldehydes is 1. The second-order valence-corrected chi connectivity index (χ2v) is 3.98. The van der Waals surface area contributed by atoms with Gasteiger partial charge in [-0.1, -0.05) is 0 Å². The van der Waals surface area contributed by atoms with Gasteiger partial charge < -0.3 is 14.6 Å². The van der Waals surface area contributed by atoms with Crippen molar-refractivity contribution < 1.29 is 24.2 Å². The van der Waals surface area contributed by atoms with Crippen LogP contribution in [0.25, 0.3) is 0 Å². The molecule has 0 amide bonds. The van der Waals surface area contributed by atoms with Gasteiger partial charge in [0, 0.05) is 11.6 Å². The molecule has 0 bridgehead atoms. The van der Waals surface area contributed by atoms with E-state index in [-0.39, 0.29) is 5.75 Å². The summed E-state index contributed by atoms with van der Waals surface area (Å²) in [6.07, 6.45) is 0.642. The fourth-order valence-electron chi connectivity index (χ4n) is 1.18. The Kier molecular flexibility index (Phi) is 3.73. The molecule has 0 aliphatic rings. The summed E-state index contributed by atoms with van der Waals surface area (Å²) in [6.45, 7) is 2.85. The number of methoxy groups -OCH3 is 1. The van der Waals surface area contributed by atoms with E-state index in [4.69, 9.17) is 14.6 Å². The largest absolute Gasteiger partial charge is 0.497 e. The lowest BCUT2D eigenvalue weighted by Crippen LogP contribution is -2.37. The number of carbonyl (C=O) groups is 2. The van der Waals surface area contributed by atoms with Crippen molar-refractivity contribution in [2.75, 3.05) is 7.11 Å². The summed E-state index contributed by atoms with van der Waals surface area (Å²) in [5.41, 5.74) is -1.01. The number of aliphatic carboxylic acids is 1. The molecule has 0 aromatic heterocycles. The summed E-state index contributed by atoms with van der Waals surface area (Å²) in [4.78, 5) is 21.6. The van der Waals surface area contributed by atoms with Crippen molar-refractivity contribution in [1.29, 1.82) is 0 Å². The Morgan fingerprint density at radius 1 is 1.29 bits per heavy atom. The molecule has 1 aromatic carbocycles. The molecule has 0 fully saturated rings. The van der Waals surface area contributed by atoms with Gasteiger partial charge >= 0.3 is 5.97 Å². The maximum Gasteiger partial charge on any atom is 0.347 e. The topological polar surface area (TPSA) is 72.8 Å². The van der Waals surface area contributed by atoms with E-state index in [9.17, 15) is 9.59 Å². The van der Waals surface area contributed by atoms with Crippen molar-refractivity contribution in [2.45, 2.75) is 19.4 Å². The second-order valence-electron chi connectivity index (χ2n) is 3.98. The van der Waals surface area contributed by atoms with Crippen LogP contribution in [0.3, 0.4) is 0 Å². The van der Waals surface area contributed by atoms with Crippen LogP contribution in [-0.4, -0.2) is 30.1 Å². The maximum absolute atomic E-state index is 10.9. The Morgan fingerprint density at radius 3 is 2.35 bits per heavy atom. The molecule has 0 unspecified atom stereocenters. The predicted octanol–water partition coefficient (Wildman–Crippen LogP) is 1.75. The molecule has 0 spiro atoms. The number of carboxylic acid groups (broad SMARTS) is 1. The van der Waals surface area contributed by atoms with E-state index in [1.54, 1.807) is 0 Å². The first-order valence-corrected chi connectivity index (χ1v) is 4.95. The highest BCUT2D eigenvalue weighted by atomic mass is 16.5. The molecule has 1 rings (SSSR count). The lowest BCUT2D eigenvalue weighted by molar-refractivity contribution is -0.152. The second kappa shape index (κ2) is 4.86. The zero-order valence-electron chi connectivity index (χ0n) is 9.89. The lowest BCUT2D eigenvalue weighted by atomic mass is 10.1. The van der Waals surface area contributed by atoms with Crippen LogP contribution in [0.15, 0.2) is 18.2 Å². The molecular formula is C12H14O5. The van der Waals surface area contributed by atoms with E-state index >= 15 is 0 Å². The number of carbonyl (C=O) groups excluding carboxylic acids is 1. The average Bonchev–Trinajstić information content (AvgIpc) is 2.27. The quantitative estimate of drug-likeness (QED) is 0.791. The Balaban J connectivity index is 3.06. The molecule has 0 atom stereocenters. The van der Waals surface area contributed by atoms with Crippen LogP contribution in [0.5, 0.6) is 11.5 Å². The Bertz CT molecular complexity index is 437. The van der Waals surface area contributed by atoms with Crippen LogP contribution < -0.4 is 9.47 Å². The first kappa shape index (κ1) is 13.0. The van der Waals surface area contributed by atoms with Gasteiger partial charge in [0.25, 0.3) is 0 Å². The van der Waals surface area contributed by atoms with Crippen LogP contribution >= 0.6 is 0 Å². The van der Waals surface area contributed by atoms with Crippen LogP contribution in [-0.2, 0) is 4.79 Å². The summed E-state index contributed by atoms with van der Waals surface area (Å²) in [5.74, 6) is -0.377. The van der Waals surface area contributed by atoms with Crippen LogP contribution in [0.2, 0.25) is 0 Å². The molecule has 0 saturated heterocycles. The predicted molar refractivity (Wildman–Crippen MR) is 60.7 cm³/mol. The van der Waals surface area contributed by atoms with Gasteiger partial charge in [0.15, 0.2) is 5.60 Å². The number of hydrogen-bond acceptors (Lipinski definition) is 4. The Morgan fingerprint density at radius 2 is 1.88 bits per heavy atom. The summed E-state index contributed by atoms with van der Waals surface area (Å²) < 4.78 is 10.3. The summed E-state index contributed by atoms with van der Waals surface area (Å²) in [7, 11) is 1.45. The first-order valence-electron chi connectivity index (χ1n) is 4.95. The van der Waals surface area contributed by atoms with Gasteiger partial charge in [0.2, 0.25) is 0 Å². The van der Waals surface area contributed by atoms with Crippen molar-refractivity contribution in [1.82, 2.24) is 0 Å². The van der Waals surface area contributed by atoms with E-state index in [0.29, 0.717) is 17.6 Å². The third-order valence-electron chi connectivity index (χ3n) is 2.16. The molecule has 5 heteroatoms. The highest BCUT2D eigenvalue weighted by Gasteiger charge is 2.29. The number of benzene rings is 1. The highest BCUT2D eigenvalue weighted by Crippen LogP contribution is 2.25. The average molecular weight is 238 g/mol. The van der Waals surface area contributed by atoms with Crippen molar-refractivity contribution in [2.24, 2.45) is 0 Å². The normalized spacial score (nSPS) is 10.8. The standard InChI is InChI=1S/C12H14O5/c1-12(2,11(14)15)17-10-5-8(7-13)4-9(6-10)16-3/h4-7H,1-3H3,(H,14,15). The third-order valence-corrected chi connectivity index (χ3v) is 2.16. The van der Waals surface area contributed by atoms with Crippen molar-refractivity contribution >= 4 is 12.3 Å². The number of rotatable bonds is 5. The molecule has 1 N–H and O–H groups in total. The van der Waals surface area contributed by atoms with Crippen LogP contribution in [0.4, 0.5) is 0 Å². The maximum atomic E-state index is 10.9. The van der Waals surface area contributed by atoms with Gasteiger partial charge in [-0.2, -0.15) is 0 Å². The van der Waals surface area contributed by atoms with Crippen LogP contribution in [0, 0.1) is 0 Å². The van der Waals surface area contributed by atoms with Gasteiger partial charge in [0.05, 0.1) is 7.11 Å². The Hall–Kier alpha value is -2.04. The highest BCUT2D eigenvalue weighted by molar-refractivity contribution is 5.78. The Labute approximate surface area is 99.0 Å². The summed E-state index contributed by atoms with van der Waals surface area (Å²) >= 11 is 0.